The molecular formula is C22H23N5O6. The molecule has 11 heteroatoms. The summed E-state index contributed by atoms with van der Waals surface area (Å²) in [5.74, 6) is 0.353. The van der Waals surface area contributed by atoms with Gasteiger partial charge in [0.15, 0.2) is 0 Å². The Morgan fingerprint density at radius 3 is 2.42 bits per heavy atom. The van der Waals surface area contributed by atoms with Gasteiger partial charge in [-0.15, -0.1) is 0 Å². The molecule has 0 atom stereocenters. The summed E-state index contributed by atoms with van der Waals surface area (Å²) in [5, 5.41) is 29.0. The van der Waals surface area contributed by atoms with Crippen molar-refractivity contribution in [2.24, 2.45) is 0 Å². The van der Waals surface area contributed by atoms with Crippen molar-refractivity contribution < 1.29 is 19.4 Å². The van der Waals surface area contributed by atoms with E-state index >= 15 is 0 Å². The number of hydrogen-bond donors (Lipinski definition) is 1. The van der Waals surface area contributed by atoms with Crippen LogP contribution < -0.4 is 10.1 Å². The fraction of sp³-hybridized carbons (Fsp3) is 0.273. The highest BCUT2D eigenvalue weighted by Crippen LogP contribution is 2.33. The number of non-ortho nitro benzene ring substituents is 1. The second-order valence-corrected chi connectivity index (χ2v) is 7.70. The molecule has 11 nitrogen and oxygen atoms in total. The monoisotopic (exact) mass is 453 g/mol. The first-order valence-corrected chi connectivity index (χ1v) is 10.1. The van der Waals surface area contributed by atoms with E-state index < -0.39 is 15.8 Å². The molecule has 0 aliphatic carbocycles. The molecule has 2 aromatic carbocycles. The molecule has 0 saturated carbocycles. The summed E-state index contributed by atoms with van der Waals surface area (Å²) in [6, 6.07) is 7.88. The van der Waals surface area contributed by atoms with E-state index in [-0.39, 0.29) is 41.5 Å². The third-order valence-electron chi connectivity index (χ3n) is 5.06. The van der Waals surface area contributed by atoms with Crippen molar-refractivity contribution in [2.45, 2.75) is 40.7 Å². The van der Waals surface area contributed by atoms with Crippen LogP contribution in [-0.2, 0) is 11.3 Å². The molecule has 1 N–H and O–H groups in total. The molecule has 3 aromatic rings. The Kier molecular flexibility index (Phi) is 6.71. The highest BCUT2D eigenvalue weighted by molar-refractivity contribution is 5.91. The average Bonchev–Trinajstić information content (AvgIpc) is 3.11. The van der Waals surface area contributed by atoms with Gasteiger partial charge in [-0.2, -0.15) is 5.10 Å². The zero-order valence-corrected chi connectivity index (χ0v) is 18.6. The summed E-state index contributed by atoms with van der Waals surface area (Å²) >= 11 is 0. The second kappa shape index (κ2) is 9.47. The van der Waals surface area contributed by atoms with E-state index in [0.717, 1.165) is 16.7 Å². The molecule has 0 aliphatic rings. The van der Waals surface area contributed by atoms with Gasteiger partial charge in [0, 0.05) is 25.1 Å². The van der Waals surface area contributed by atoms with Gasteiger partial charge in [-0.3, -0.25) is 29.7 Å². The average molecular weight is 453 g/mol. The molecule has 0 fully saturated rings. The number of nitrogens with zero attached hydrogens (tertiary/aromatic N) is 4. The van der Waals surface area contributed by atoms with Crippen LogP contribution in [0.5, 0.6) is 11.5 Å². The Labute approximate surface area is 189 Å². The molecular weight excluding hydrogens is 430 g/mol. The van der Waals surface area contributed by atoms with Crippen molar-refractivity contribution in [1.82, 2.24) is 9.78 Å². The van der Waals surface area contributed by atoms with Crippen LogP contribution in [0, 0.1) is 47.9 Å². The van der Waals surface area contributed by atoms with Crippen LogP contribution in [0.2, 0.25) is 0 Å². The summed E-state index contributed by atoms with van der Waals surface area (Å²) in [6.45, 7) is 7.39. The van der Waals surface area contributed by atoms with E-state index in [9.17, 15) is 25.0 Å². The number of nitrogens with one attached hydrogen (secondary N) is 1. The SMILES string of the molecule is Cc1cc(C)c(C)c(Oc2cc(NC(=O)CCn3cc([N+](=O)[O-])c(C)n3)cc([N+](=O)[O-])c2)c1. The molecule has 0 aliphatic heterocycles. The highest BCUT2D eigenvalue weighted by Gasteiger charge is 2.17. The fourth-order valence-corrected chi connectivity index (χ4v) is 3.29. The quantitative estimate of drug-likeness (QED) is 0.383. The van der Waals surface area contributed by atoms with E-state index in [0.29, 0.717) is 5.75 Å². The van der Waals surface area contributed by atoms with Crippen LogP contribution in [0.15, 0.2) is 36.5 Å². The number of nitro benzene ring substituents is 1. The van der Waals surface area contributed by atoms with Gasteiger partial charge in [0.1, 0.15) is 23.4 Å². The predicted octanol–water partition coefficient (Wildman–Crippen LogP) is 4.75. The lowest BCUT2D eigenvalue weighted by Gasteiger charge is -2.13. The molecule has 0 unspecified atom stereocenters. The molecule has 1 amide bonds. The Bertz CT molecular complexity index is 1250. The third-order valence-corrected chi connectivity index (χ3v) is 5.06. The molecule has 0 saturated heterocycles. The number of benzene rings is 2. The van der Waals surface area contributed by atoms with Crippen LogP contribution >= 0.6 is 0 Å². The summed E-state index contributed by atoms with van der Waals surface area (Å²) in [6.07, 6.45) is 1.22. The lowest BCUT2D eigenvalue weighted by atomic mass is 10.1. The Hall–Kier alpha value is -4.28. The number of anilines is 1. The van der Waals surface area contributed by atoms with Crippen LogP contribution in [-0.4, -0.2) is 25.5 Å². The first-order chi connectivity index (χ1) is 15.5. The lowest BCUT2D eigenvalue weighted by molar-refractivity contribution is -0.385. The summed E-state index contributed by atoms with van der Waals surface area (Å²) in [4.78, 5) is 33.6. The van der Waals surface area contributed by atoms with Gasteiger partial charge in [-0.05, 0) is 50.5 Å². The topological polar surface area (TPSA) is 142 Å². The molecule has 1 aromatic heterocycles. The minimum absolute atomic E-state index is 0.0344. The largest absolute Gasteiger partial charge is 0.457 e. The van der Waals surface area contributed by atoms with E-state index in [1.54, 1.807) is 0 Å². The number of aromatic nitrogens is 2. The van der Waals surface area contributed by atoms with E-state index in [1.165, 1.54) is 36.0 Å². The Morgan fingerprint density at radius 1 is 1.06 bits per heavy atom. The maximum atomic E-state index is 12.4. The fourth-order valence-electron chi connectivity index (χ4n) is 3.29. The maximum absolute atomic E-state index is 12.4. The number of aryl methyl sites for hydroxylation is 4. The number of carbonyl (C=O) groups is 1. The minimum Gasteiger partial charge on any atom is -0.457 e. The molecule has 0 radical (unpaired) electrons. The third kappa shape index (κ3) is 5.70. The second-order valence-electron chi connectivity index (χ2n) is 7.70. The Morgan fingerprint density at radius 2 is 1.79 bits per heavy atom. The van der Waals surface area contributed by atoms with Crippen molar-refractivity contribution in [1.29, 1.82) is 0 Å². The predicted molar refractivity (Wildman–Crippen MR) is 121 cm³/mol. The van der Waals surface area contributed by atoms with Gasteiger partial charge in [-0.1, -0.05) is 6.07 Å². The Balaban J connectivity index is 1.76. The lowest BCUT2D eigenvalue weighted by Crippen LogP contribution is -2.15. The highest BCUT2D eigenvalue weighted by atomic mass is 16.6. The van der Waals surface area contributed by atoms with Gasteiger partial charge >= 0.3 is 5.69 Å². The van der Waals surface area contributed by atoms with E-state index in [4.69, 9.17) is 4.74 Å². The van der Waals surface area contributed by atoms with Crippen molar-refractivity contribution in [3.8, 4) is 11.5 Å². The van der Waals surface area contributed by atoms with Crippen molar-refractivity contribution in [3.05, 3.63) is 79.1 Å². The number of carbonyl (C=O) groups excluding carboxylic acids is 1. The molecule has 172 valence electrons. The van der Waals surface area contributed by atoms with E-state index in [1.807, 2.05) is 32.9 Å². The zero-order valence-electron chi connectivity index (χ0n) is 18.6. The molecule has 33 heavy (non-hydrogen) atoms. The molecule has 0 spiro atoms. The van der Waals surface area contributed by atoms with Gasteiger partial charge in [0.25, 0.3) is 5.69 Å². The molecule has 3 rings (SSSR count). The summed E-state index contributed by atoms with van der Waals surface area (Å²) < 4.78 is 7.24. The summed E-state index contributed by atoms with van der Waals surface area (Å²) in [7, 11) is 0. The maximum Gasteiger partial charge on any atom is 0.309 e. The normalized spacial score (nSPS) is 10.7. The number of amides is 1. The smallest absolute Gasteiger partial charge is 0.309 e. The number of rotatable bonds is 8. The minimum atomic E-state index is -0.567. The first-order valence-electron chi connectivity index (χ1n) is 10.1. The van der Waals surface area contributed by atoms with Crippen LogP contribution in [0.4, 0.5) is 17.1 Å². The first kappa shape index (κ1) is 23.4. The molecule has 1 heterocycles. The number of hydrogen-bond acceptors (Lipinski definition) is 7. The van der Waals surface area contributed by atoms with Gasteiger partial charge < -0.3 is 10.1 Å². The number of nitro groups is 2. The van der Waals surface area contributed by atoms with Crippen molar-refractivity contribution >= 4 is 23.0 Å². The van der Waals surface area contributed by atoms with Crippen molar-refractivity contribution in [2.75, 3.05) is 5.32 Å². The van der Waals surface area contributed by atoms with Crippen LogP contribution in [0.1, 0.15) is 28.8 Å². The van der Waals surface area contributed by atoms with Crippen LogP contribution in [0.3, 0.4) is 0 Å². The van der Waals surface area contributed by atoms with Crippen LogP contribution in [0.25, 0.3) is 0 Å². The van der Waals surface area contributed by atoms with Crippen molar-refractivity contribution in [3.63, 3.8) is 0 Å². The molecule has 0 bridgehead atoms. The van der Waals surface area contributed by atoms with Gasteiger partial charge in [0.05, 0.1) is 21.6 Å². The van der Waals surface area contributed by atoms with Gasteiger partial charge in [0.2, 0.25) is 5.91 Å². The zero-order chi connectivity index (χ0) is 24.3. The summed E-state index contributed by atoms with van der Waals surface area (Å²) in [5.41, 5.74) is 3.01. The standard InChI is InChI=1S/C22H23N5O6/c1-13-7-14(2)15(3)21(8-13)33-19-10-17(9-18(11-19)26(29)30)23-22(28)5-6-25-12-20(27(31)32)16(4)24-25/h7-12H,5-6H2,1-4H3,(H,23,28). The van der Waals surface area contributed by atoms with E-state index in [2.05, 4.69) is 10.4 Å². The van der Waals surface area contributed by atoms with Gasteiger partial charge in [-0.25, -0.2) is 0 Å². The number of ether oxygens (including phenoxy) is 1.